The molecule has 138 valence electrons. The van der Waals surface area contributed by atoms with E-state index in [1.54, 1.807) is 11.3 Å². The summed E-state index contributed by atoms with van der Waals surface area (Å²) in [6, 6.07) is 18.2. The van der Waals surface area contributed by atoms with Gasteiger partial charge in [0.1, 0.15) is 11.1 Å². The molecule has 0 radical (unpaired) electrons. The number of thioether (sulfide) groups is 1. The molecule has 0 amide bonds. The van der Waals surface area contributed by atoms with E-state index >= 15 is 0 Å². The highest BCUT2D eigenvalue weighted by atomic mass is 32.2. The van der Waals surface area contributed by atoms with Crippen LogP contribution in [0.4, 0.5) is 0 Å². The molecule has 1 aromatic carbocycles. The molecule has 0 aliphatic rings. The van der Waals surface area contributed by atoms with E-state index in [2.05, 4.69) is 13.0 Å². The topological polar surface area (TPSA) is 53.8 Å². The van der Waals surface area contributed by atoms with Crippen LogP contribution in [0.3, 0.4) is 0 Å². The molecule has 2 aromatic heterocycles. The van der Waals surface area contributed by atoms with Gasteiger partial charge >= 0.3 is 0 Å². The lowest BCUT2D eigenvalue weighted by Crippen LogP contribution is -2.01. The van der Waals surface area contributed by atoms with Gasteiger partial charge in [-0.1, -0.05) is 61.5 Å². The van der Waals surface area contributed by atoms with Crippen molar-refractivity contribution in [3.63, 3.8) is 0 Å². The minimum absolute atomic E-state index is 0.462. The van der Waals surface area contributed by atoms with Crippen LogP contribution in [0.25, 0.3) is 21.7 Å². The fraction of sp³-hybridized carbons (Fsp3) is 0.238. The summed E-state index contributed by atoms with van der Waals surface area (Å²) in [5.41, 5.74) is 3.27. The van der Waals surface area contributed by atoms with Gasteiger partial charge in [0.2, 0.25) is 0 Å². The van der Waals surface area contributed by atoms with E-state index < -0.39 is 10.8 Å². The Balaban J connectivity index is 2.01. The monoisotopic (exact) mass is 412 g/mol. The van der Waals surface area contributed by atoms with Crippen LogP contribution in [-0.4, -0.2) is 20.0 Å². The second kappa shape index (κ2) is 9.84. The molecule has 0 fully saturated rings. The molecule has 0 spiro atoms. The van der Waals surface area contributed by atoms with Crippen molar-refractivity contribution in [2.75, 3.05) is 10.8 Å². The Morgan fingerprint density at radius 1 is 1.22 bits per heavy atom. The Morgan fingerprint density at radius 2 is 2.04 bits per heavy atom. The van der Waals surface area contributed by atoms with Crippen LogP contribution in [0.15, 0.2) is 58.9 Å². The maximum Gasteiger partial charge on any atom is 0.116 e. The fourth-order valence-electron chi connectivity index (χ4n) is 2.62. The van der Waals surface area contributed by atoms with Crippen LogP contribution >= 0.6 is 23.1 Å². The Morgan fingerprint density at radius 3 is 2.70 bits per heavy atom. The van der Waals surface area contributed by atoms with Gasteiger partial charge in [0.25, 0.3) is 0 Å². The summed E-state index contributed by atoms with van der Waals surface area (Å²) >= 11 is 3.04. The van der Waals surface area contributed by atoms with Crippen molar-refractivity contribution in [3.8, 4) is 27.8 Å². The van der Waals surface area contributed by atoms with Gasteiger partial charge in [-0.3, -0.25) is 4.21 Å². The molecule has 0 unspecified atom stereocenters. The molecule has 27 heavy (non-hydrogen) atoms. The van der Waals surface area contributed by atoms with E-state index in [1.807, 2.05) is 53.9 Å². The highest BCUT2D eigenvalue weighted by Gasteiger charge is 2.17. The van der Waals surface area contributed by atoms with E-state index in [0.717, 1.165) is 34.5 Å². The molecule has 0 bridgehead atoms. The average molecular weight is 413 g/mol. The quantitative estimate of drug-likeness (QED) is 0.429. The van der Waals surface area contributed by atoms with E-state index in [0.29, 0.717) is 21.4 Å². The smallest absolute Gasteiger partial charge is 0.116 e. The number of thiophene rings is 1. The molecule has 3 nitrogen and oxygen atoms in total. The number of rotatable bonds is 8. The third-order valence-corrected chi connectivity index (χ3v) is 7.74. The van der Waals surface area contributed by atoms with E-state index in [-0.39, 0.29) is 0 Å². The molecule has 0 saturated heterocycles. The molecule has 0 saturated carbocycles. The minimum atomic E-state index is -0.909. The Bertz CT molecular complexity index is 948. The Hall–Kier alpha value is -1.94. The predicted molar refractivity (Wildman–Crippen MR) is 116 cm³/mol. The molecule has 1 atom stereocenters. The first-order valence-corrected chi connectivity index (χ1v) is 12.1. The van der Waals surface area contributed by atoms with Crippen LogP contribution < -0.4 is 0 Å². The van der Waals surface area contributed by atoms with Crippen molar-refractivity contribution in [2.24, 2.45) is 0 Å². The summed E-state index contributed by atoms with van der Waals surface area (Å²) in [5, 5.41) is 13.0. The third kappa shape index (κ3) is 5.07. The lowest BCUT2D eigenvalue weighted by molar-refractivity contribution is 0.682. The van der Waals surface area contributed by atoms with Crippen LogP contribution in [0.2, 0.25) is 0 Å². The van der Waals surface area contributed by atoms with E-state index in [9.17, 15) is 9.47 Å². The summed E-state index contributed by atoms with van der Waals surface area (Å²) in [7, 11) is -0.909. The zero-order chi connectivity index (χ0) is 19.1. The number of nitriles is 1. The Labute approximate surface area is 170 Å². The first-order valence-electron chi connectivity index (χ1n) is 8.75. The number of unbranched alkanes of at least 4 members (excludes halogenated alkanes) is 1. The van der Waals surface area contributed by atoms with Crippen molar-refractivity contribution < 1.29 is 4.21 Å². The number of hydrogen-bond donors (Lipinski definition) is 0. The Kier molecular flexibility index (Phi) is 7.22. The van der Waals surface area contributed by atoms with E-state index in [1.165, 1.54) is 11.8 Å². The SMILES string of the molecule is CCCC[S@@](=O)CSc1nc(-c2cccs2)cc(-c2ccccc2)c1C#N. The number of aromatic nitrogens is 1. The predicted octanol–water partition coefficient (Wildman–Crippen LogP) is 5.95. The normalized spacial score (nSPS) is 11.9. The van der Waals surface area contributed by atoms with Crippen LogP contribution in [0.5, 0.6) is 0 Å². The summed E-state index contributed by atoms with van der Waals surface area (Å²) in [4.78, 5) is 5.80. The summed E-state index contributed by atoms with van der Waals surface area (Å²) < 4.78 is 12.2. The highest BCUT2D eigenvalue weighted by Crippen LogP contribution is 2.35. The standard InChI is InChI=1S/C21H20N2OS3/c1-2-3-12-27(24)15-26-21-18(14-22)17(16-8-5-4-6-9-16)13-19(23-21)20-10-7-11-25-20/h4-11,13H,2-3,12,15H2,1H3/t27-/m1/s1. The third-order valence-electron chi connectivity index (χ3n) is 4.01. The van der Waals surface area contributed by atoms with Gasteiger partial charge in [0.15, 0.2) is 0 Å². The first kappa shape index (κ1) is 19.8. The maximum atomic E-state index is 12.2. The van der Waals surface area contributed by atoms with Crippen molar-refractivity contribution in [1.82, 2.24) is 4.98 Å². The van der Waals surface area contributed by atoms with Crippen LogP contribution in [-0.2, 0) is 10.8 Å². The van der Waals surface area contributed by atoms with Crippen molar-refractivity contribution in [1.29, 1.82) is 5.26 Å². The molecule has 0 aliphatic carbocycles. The zero-order valence-electron chi connectivity index (χ0n) is 15.1. The molecule has 0 aliphatic heterocycles. The van der Waals surface area contributed by atoms with Crippen molar-refractivity contribution in [3.05, 3.63) is 59.5 Å². The summed E-state index contributed by atoms with van der Waals surface area (Å²) in [5.74, 6) is 0.696. The maximum absolute atomic E-state index is 12.2. The fourth-order valence-corrected chi connectivity index (χ4v) is 5.82. The lowest BCUT2D eigenvalue weighted by Gasteiger charge is -2.11. The number of nitrogens with zero attached hydrogens (tertiary/aromatic N) is 2. The molecular formula is C21H20N2OS3. The first-order chi connectivity index (χ1) is 13.2. The largest absolute Gasteiger partial charge is 0.259 e. The molecular weight excluding hydrogens is 392 g/mol. The number of hydrogen-bond acceptors (Lipinski definition) is 5. The van der Waals surface area contributed by atoms with Crippen molar-refractivity contribution in [2.45, 2.75) is 24.8 Å². The van der Waals surface area contributed by atoms with Crippen LogP contribution in [0.1, 0.15) is 25.3 Å². The van der Waals surface area contributed by atoms with E-state index in [4.69, 9.17) is 4.98 Å². The second-order valence-electron chi connectivity index (χ2n) is 5.95. The number of benzene rings is 1. The number of pyridine rings is 1. The summed E-state index contributed by atoms with van der Waals surface area (Å²) in [6.07, 6.45) is 1.99. The highest BCUT2D eigenvalue weighted by molar-refractivity contribution is 8.10. The molecule has 0 N–H and O–H groups in total. The van der Waals surface area contributed by atoms with Crippen LogP contribution in [0, 0.1) is 11.3 Å². The van der Waals surface area contributed by atoms with Gasteiger partial charge in [-0.25, -0.2) is 4.98 Å². The molecule has 3 aromatic rings. The zero-order valence-corrected chi connectivity index (χ0v) is 17.5. The van der Waals surface area contributed by atoms with Gasteiger partial charge < -0.3 is 0 Å². The molecule has 6 heteroatoms. The lowest BCUT2D eigenvalue weighted by atomic mass is 10.0. The second-order valence-corrected chi connectivity index (χ2v) is 9.80. The van der Waals surface area contributed by atoms with Crippen molar-refractivity contribution >= 4 is 33.9 Å². The van der Waals surface area contributed by atoms with Gasteiger partial charge in [0.05, 0.1) is 21.2 Å². The molecule has 2 heterocycles. The van der Waals surface area contributed by atoms with Gasteiger partial charge in [-0.05, 0) is 29.5 Å². The van der Waals surface area contributed by atoms with Gasteiger partial charge in [-0.15, -0.1) is 11.3 Å². The molecule has 3 rings (SSSR count). The summed E-state index contributed by atoms with van der Waals surface area (Å²) in [6.45, 7) is 2.09. The minimum Gasteiger partial charge on any atom is -0.259 e. The van der Waals surface area contributed by atoms with Gasteiger partial charge in [0, 0.05) is 22.1 Å². The average Bonchev–Trinajstić information content (AvgIpc) is 3.25. The van der Waals surface area contributed by atoms with Gasteiger partial charge in [-0.2, -0.15) is 5.26 Å².